The number of nitrogens with one attached hydrogen (secondary N) is 1. The normalized spacial score (nSPS) is 26.5. The summed E-state index contributed by atoms with van der Waals surface area (Å²) in [4.78, 5) is 0. The van der Waals surface area contributed by atoms with Gasteiger partial charge in [0.1, 0.15) is 0 Å². The van der Waals surface area contributed by atoms with Crippen molar-refractivity contribution in [2.75, 3.05) is 46.1 Å². The van der Waals surface area contributed by atoms with Gasteiger partial charge in [-0.3, -0.25) is 0 Å². The molecular formula is C13H25NO3. The molecule has 0 bridgehead atoms. The summed E-state index contributed by atoms with van der Waals surface area (Å²) in [7, 11) is 0. The van der Waals surface area contributed by atoms with Gasteiger partial charge in [0, 0.05) is 39.5 Å². The van der Waals surface area contributed by atoms with Gasteiger partial charge in [0.05, 0.1) is 12.7 Å². The van der Waals surface area contributed by atoms with E-state index in [0.29, 0.717) is 12.0 Å². The molecule has 1 atom stereocenters. The minimum atomic E-state index is 0.436. The fourth-order valence-electron chi connectivity index (χ4n) is 2.38. The molecule has 0 spiro atoms. The third kappa shape index (κ3) is 5.34. The molecule has 2 saturated heterocycles. The van der Waals surface area contributed by atoms with E-state index in [-0.39, 0.29) is 0 Å². The monoisotopic (exact) mass is 243 g/mol. The van der Waals surface area contributed by atoms with E-state index >= 15 is 0 Å². The molecule has 1 N–H and O–H groups in total. The highest BCUT2D eigenvalue weighted by molar-refractivity contribution is 4.67. The van der Waals surface area contributed by atoms with Gasteiger partial charge in [-0.1, -0.05) is 0 Å². The highest BCUT2D eigenvalue weighted by atomic mass is 16.5. The predicted octanol–water partition coefficient (Wildman–Crippen LogP) is 1.20. The fourth-order valence-corrected chi connectivity index (χ4v) is 2.38. The first kappa shape index (κ1) is 13.3. The Morgan fingerprint density at radius 3 is 2.76 bits per heavy atom. The second-order valence-corrected chi connectivity index (χ2v) is 4.97. The van der Waals surface area contributed by atoms with Gasteiger partial charge in [0.25, 0.3) is 0 Å². The molecule has 0 aromatic rings. The number of ether oxygens (including phenoxy) is 3. The van der Waals surface area contributed by atoms with Crippen LogP contribution in [0.4, 0.5) is 0 Å². The van der Waals surface area contributed by atoms with Crippen molar-refractivity contribution in [1.82, 2.24) is 5.32 Å². The Hall–Kier alpha value is -0.160. The fraction of sp³-hybridized carbons (Fsp3) is 1.00. The third-order valence-electron chi connectivity index (χ3n) is 3.51. The van der Waals surface area contributed by atoms with Gasteiger partial charge in [-0.05, 0) is 31.6 Å². The molecule has 0 saturated carbocycles. The summed E-state index contributed by atoms with van der Waals surface area (Å²) >= 11 is 0. The molecule has 17 heavy (non-hydrogen) atoms. The summed E-state index contributed by atoms with van der Waals surface area (Å²) in [6, 6.07) is 0. The van der Waals surface area contributed by atoms with Crippen molar-refractivity contribution in [3.05, 3.63) is 0 Å². The molecule has 2 fully saturated rings. The highest BCUT2D eigenvalue weighted by Gasteiger charge is 2.15. The Labute approximate surface area is 104 Å². The number of rotatable bonds is 7. The molecule has 2 heterocycles. The summed E-state index contributed by atoms with van der Waals surface area (Å²) in [5.41, 5.74) is 0. The van der Waals surface area contributed by atoms with E-state index < -0.39 is 0 Å². The first-order valence-corrected chi connectivity index (χ1v) is 6.93. The van der Waals surface area contributed by atoms with E-state index in [1.54, 1.807) is 0 Å². The minimum absolute atomic E-state index is 0.436. The van der Waals surface area contributed by atoms with Crippen LogP contribution in [0.5, 0.6) is 0 Å². The maximum Gasteiger partial charge on any atom is 0.0700 e. The van der Waals surface area contributed by atoms with Crippen LogP contribution in [0.1, 0.15) is 25.7 Å². The van der Waals surface area contributed by atoms with Crippen LogP contribution in [0.2, 0.25) is 0 Å². The summed E-state index contributed by atoms with van der Waals surface area (Å²) in [6.07, 6.45) is 5.17. The average molecular weight is 243 g/mol. The lowest BCUT2D eigenvalue weighted by Gasteiger charge is -2.21. The van der Waals surface area contributed by atoms with Gasteiger partial charge in [-0.15, -0.1) is 0 Å². The summed E-state index contributed by atoms with van der Waals surface area (Å²) < 4.78 is 16.5. The molecule has 1 unspecified atom stereocenters. The van der Waals surface area contributed by atoms with Crippen LogP contribution in [0.25, 0.3) is 0 Å². The smallest absolute Gasteiger partial charge is 0.0700 e. The van der Waals surface area contributed by atoms with Crippen LogP contribution in [0.3, 0.4) is 0 Å². The minimum Gasteiger partial charge on any atom is -0.381 e. The summed E-state index contributed by atoms with van der Waals surface area (Å²) in [5, 5.41) is 3.39. The van der Waals surface area contributed by atoms with Crippen molar-refractivity contribution in [3.8, 4) is 0 Å². The molecule has 0 aromatic heterocycles. The average Bonchev–Trinajstić information content (AvgIpc) is 2.88. The van der Waals surface area contributed by atoms with Crippen molar-refractivity contribution in [2.24, 2.45) is 5.92 Å². The molecule has 2 aliphatic rings. The zero-order valence-corrected chi connectivity index (χ0v) is 10.7. The second-order valence-electron chi connectivity index (χ2n) is 4.97. The Bertz CT molecular complexity index is 189. The van der Waals surface area contributed by atoms with Crippen molar-refractivity contribution in [2.45, 2.75) is 31.8 Å². The summed E-state index contributed by atoms with van der Waals surface area (Å²) in [5.74, 6) is 0.710. The predicted molar refractivity (Wildman–Crippen MR) is 66.2 cm³/mol. The molecule has 0 radical (unpaired) electrons. The van der Waals surface area contributed by atoms with Crippen LogP contribution < -0.4 is 5.32 Å². The van der Waals surface area contributed by atoms with E-state index in [4.69, 9.17) is 14.2 Å². The van der Waals surface area contributed by atoms with Crippen LogP contribution >= 0.6 is 0 Å². The molecule has 0 aliphatic carbocycles. The maximum atomic E-state index is 5.68. The van der Waals surface area contributed by atoms with Gasteiger partial charge in [-0.25, -0.2) is 0 Å². The SMILES string of the molecule is C1COC(CNCCOCC2CCOCC2)C1. The largest absolute Gasteiger partial charge is 0.381 e. The lowest BCUT2D eigenvalue weighted by atomic mass is 10.0. The number of hydrogen-bond donors (Lipinski definition) is 1. The Kier molecular flexibility index (Phi) is 6.27. The highest BCUT2D eigenvalue weighted by Crippen LogP contribution is 2.14. The molecule has 100 valence electrons. The first-order chi connectivity index (χ1) is 8.45. The molecule has 2 aliphatic heterocycles. The Morgan fingerprint density at radius 1 is 1.12 bits per heavy atom. The van der Waals surface area contributed by atoms with Gasteiger partial charge in [0.15, 0.2) is 0 Å². The van der Waals surface area contributed by atoms with Crippen LogP contribution in [-0.4, -0.2) is 52.2 Å². The van der Waals surface area contributed by atoms with E-state index in [0.717, 1.165) is 59.0 Å². The standard InChI is InChI=1S/C13H25NO3/c1-2-13(17-6-1)10-14-5-9-16-11-12-3-7-15-8-4-12/h12-14H,1-11H2. The zero-order chi connectivity index (χ0) is 11.8. The lowest BCUT2D eigenvalue weighted by molar-refractivity contribution is 0.0208. The van der Waals surface area contributed by atoms with E-state index in [9.17, 15) is 0 Å². The van der Waals surface area contributed by atoms with Crippen molar-refractivity contribution >= 4 is 0 Å². The quantitative estimate of drug-likeness (QED) is 0.682. The first-order valence-electron chi connectivity index (χ1n) is 6.93. The van der Waals surface area contributed by atoms with Gasteiger partial charge in [0.2, 0.25) is 0 Å². The van der Waals surface area contributed by atoms with Gasteiger partial charge >= 0.3 is 0 Å². The number of hydrogen-bond acceptors (Lipinski definition) is 4. The molecular weight excluding hydrogens is 218 g/mol. The summed E-state index contributed by atoms with van der Waals surface area (Å²) in [6.45, 7) is 6.36. The molecule has 0 amide bonds. The van der Waals surface area contributed by atoms with E-state index in [1.807, 2.05) is 0 Å². The Morgan fingerprint density at radius 2 is 2.00 bits per heavy atom. The van der Waals surface area contributed by atoms with Crippen molar-refractivity contribution in [1.29, 1.82) is 0 Å². The second kappa shape index (κ2) is 8.03. The van der Waals surface area contributed by atoms with Gasteiger partial charge in [-0.2, -0.15) is 0 Å². The van der Waals surface area contributed by atoms with Crippen molar-refractivity contribution in [3.63, 3.8) is 0 Å². The topological polar surface area (TPSA) is 39.7 Å². The van der Waals surface area contributed by atoms with E-state index in [1.165, 1.54) is 12.8 Å². The zero-order valence-electron chi connectivity index (χ0n) is 10.7. The van der Waals surface area contributed by atoms with Crippen LogP contribution in [-0.2, 0) is 14.2 Å². The molecule has 4 nitrogen and oxygen atoms in total. The van der Waals surface area contributed by atoms with Crippen molar-refractivity contribution < 1.29 is 14.2 Å². The maximum absolute atomic E-state index is 5.68. The Balaban J connectivity index is 1.38. The molecule has 2 rings (SSSR count). The lowest BCUT2D eigenvalue weighted by Crippen LogP contribution is -2.30. The third-order valence-corrected chi connectivity index (χ3v) is 3.51. The van der Waals surface area contributed by atoms with Crippen LogP contribution in [0, 0.1) is 5.92 Å². The van der Waals surface area contributed by atoms with E-state index in [2.05, 4.69) is 5.32 Å². The van der Waals surface area contributed by atoms with Gasteiger partial charge < -0.3 is 19.5 Å². The molecule has 0 aromatic carbocycles. The molecule has 4 heteroatoms. The van der Waals surface area contributed by atoms with Crippen LogP contribution in [0.15, 0.2) is 0 Å².